The van der Waals surface area contributed by atoms with Crippen LogP contribution in [-0.4, -0.2) is 5.78 Å². The number of Topliss-reactive ketones (excluding diaryl/α,β-unsaturated/α-hetero) is 1. The van der Waals surface area contributed by atoms with Crippen LogP contribution >= 0.6 is 0 Å². The second kappa shape index (κ2) is 9.99. The predicted molar refractivity (Wildman–Crippen MR) is 98.6 cm³/mol. The van der Waals surface area contributed by atoms with Crippen LogP contribution in [0.25, 0.3) is 0 Å². The van der Waals surface area contributed by atoms with E-state index in [4.69, 9.17) is 0 Å². The zero-order valence-electron chi connectivity index (χ0n) is 14.3. The molecule has 1 heteroatoms. The Morgan fingerprint density at radius 2 is 1.91 bits per heavy atom. The first-order valence-electron chi connectivity index (χ1n) is 8.90. The van der Waals surface area contributed by atoms with Gasteiger partial charge in [0.2, 0.25) is 0 Å². The van der Waals surface area contributed by atoms with Gasteiger partial charge in [-0.15, -0.1) is 0 Å². The van der Waals surface area contributed by atoms with Gasteiger partial charge in [-0.3, -0.25) is 4.79 Å². The highest BCUT2D eigenvalue weighted by Gasteiger charge is 2.03. The third-order valence-electron chi connectivity index (χ3n) is 4.40. The zero-order valence-corrected chi connectivity index (χ0v) is 14.3. The summed E-state index contributed by atoms with van der Waals surface area (Å²) in [6, 6.07) is 8.71. The van der Waals surface area contributed by atoms with Gasteiger partial charge in [0.15, 0.2) is 0 Å². The molecule has 0 aliphatic heterocycles. The Morgan fingerprint density at radius 1 is 1.09 bits per heavy atom. The highest BCUT2D eigenvalue weighted by atomic mass is 16.1. The van der Waals surface area contributed by atoms with E-state index in [0.717, 1.165) is 38.5 Å². The summed E-state index contributed by atoms with van der Waals surface area (Å²) in [7, 11) is 0. The van der Waals surface area contributed by atoms with E-state index in [1.54, 1.807) is 0 Å². The summed E-state index contributed by atoms with van der Waals surface area (Å²) < 4.78 is 0. The molecule has 0 spiro atoms. The third-order valence-corrected chi connectivity index (χ3v) is 4.40. The van der Waals surface area contributed by atoms with Crippen molar-refractivity contribution in [3.63, 3.8) is 0 Å². The van der Waals surface area contributed by atoms with Gasteiger partial charge >= 0.3 is 0 Å². The van der Waals surface area contributed by atoms with Gasteiger partial charge in [-0.25, -0.2) is 0 Å². The van der Waals surface area contributed by atoms with Crippen molar-refractivity contribution in [1.82, 2.24) is 0 Å². The van der Waals surface area contributed by atoms with Crippen LogP contribution in [0.3, 0.4) is 0 Å². The van der Waals surface area contributed by atoms with Crippen LogP contribution in [0.2, 0.25) is 0 Å². The lowest BCUT2D eigenvalue weighted by molar-refractivity contribution is -0.118. The van der Waals surface area contributed by atoms with Gasteiger partial charge in [0.25, 0.3) is 0 Å². The number of hydrogen-bond donors (Lipinski definition) is 0. The number of hydrogen-bond acceptors (Lipinski definition) is 1. The molecule has 2 rings (SSSR count). The summed E-state index contributed by atoms with van der Waals surface area (Å²) in [5.74, 6) is 0.370. The van der Waals surface area contributed by atoms with Gasteiger partial charge in [-0.1, -0.05) is 68.0 Å². The molecule has 0 atom stereocenters. The third kappa shape index (κ3) is 6.40. The van der Waals surface area contributed by atoms with Crippen LogP contribution in [0.15, 0.2) is 60.2 Å². The molecule has 0 bridgehead atoms. The van der Waals surface area contributed by atoms with Crippen LogP contribution in [0.5, 0.6) is 0 Å². The van der Waals surface area contributed by atoms with E-state index >= 15 is 0 Å². The Kier molecular flexibility index (Phi) is 7.59. The van der Waals surface area contributed by atoms with E-state index < -0.39 is 0 Å². The Labute approximate surface area is 140 Å². The monoisotopic (exact) mass is 308 g/mol. The zero-order chi connectivity index (χ0) is 16.3. The van der Waals surface area contributed by atoms with Gasteiger partial charge in [0.05, 0.1) is 0 Å². The molecule has 0 saturated heterocycles. The molecule has 1 aliphatic rings. The van der Waals surface area contributed by atoms with Gasteiger partial charge in [-0.05, 0) is 48.8 Å². The number of allylic oxidation sites excluding steroid dienone is 6. The highest BCUT2D eigenvalue weighted by Crippen LogP contribution is 2.15. The molecule has 23 heavy (non-hydrogen) atoms. The summed E-state index contributed by atoms with van der Waals surface area (Å²) >= 11 is 0. The summed E-state index contributed by atoms with van der Waals surface area (Å²) in [4.78, 5) is 11.9. The van der Waals surface area contributed by atoms with Crippen LogP contribution < -0.4 is 0 Å². The number of ketones is 1. The highest BCUT2D eigenvalue weighted by molar-refractivity contribution is 5.80. The topological polar surface area (TPSA) is 17.1 Å². The van der Waals surface area contributed by atoms with Crippen molar-refractivity contribution in [3.05, 3.63) is 71.3 Å². The normalized spacial score (nSPS) is 15.3. The first kappa shape index (κ1) is 17.5. The molecule has 0 N–H and O–H groups in total. The Morgan fingerprint density at radius 3 is 2.65 bits per heavy atom. The number of carbonyl (C=O) groups excluding carboxylic acids is 1. The molecule has 0 amide bonds. The minimum Gasteiger partial charge on any atom is -0.299 e. The molecule has 1 nitrogen and oxygen atoms in total. The van der Waals surface area contributed by atoms with Crippen molar-refractivity contribution in [2.24, 2.45) is 0 Å². The average Bonchev–Trinajstić information content (AvgIpc) is 2.61. The van der Waals surface area contributed by atoms with E-state index in [1.807, 2.05) is 6.08 Å². The molecular weight excluding hydrogens is 280 g/mol. The van der Waals surface area contributed by atoms with E-state index in [0.29, 0.717) is 12.2 Å². The molecule has 0 heterocycles. The van der Waals surface area contributed by atoms with Crippen LogP contribution in [0, 0.1) is 0 Å². The van der Waals surface area contributed by atoms with Crippen LogP contribution in [0.4, 0.5) is 0 Å². The maximum atomic E-state index is 11.9. The maximum absolute atomic E-state index is 11.9. The summed E-state index contributed by atoms with van der Waals surface area (Å²) in [5.41, 5.74) is 4.20. The van der Waals surface area contributed by atoms with Gasteiger partial charge < -0.3 is 0 Å². The molecule has 0 fully saturated rings. The second-order valence-corrected chi connectivity index (χ2v) is 6.20. The van der Waals surface area contributed by atoms with Crippen LogP contribution in [0.1, 0.15) is 56.6 Å². The van der Waals surface area contributed by atoms with Crippen molar-refractivity contribution in [1.29, 1.82) is 0 Å². The molecule has 1 aliphatic carbocycles. The lowest BCUT2D eigenvalue weighted by atomic mass is 9.98. The number of rotatable bonds is 9. The van der Waals surface area contributed by atoms with E-state index in [2.05, 4.69) is 55.5 Å². The number of carbonyl (C=O) groups is 1. The molecular formula is C22H28O. The molecule has 1 aromatic rings. The Balaban J connectivity index is 1.61. The van der Waals surface area contributed by atoms with Crippen molar-refractivity contribution < 1.29 is 4.79 Å². The van der Waals surface area contributed by atoms with Crippen molar-refractivity contribution in [2.75, 3.05) is 0 Å². The van der Waals surface area contributed by atoms with Crippen molar-refractivity contribution in [2.45, 2.75) is 58.3 Å². The largest absolute Gasteiger partial charge is 0.299 e. The minimum absolute atomic E-state index is 0.370. The van der Waals surface area contributed by atoms with Gasteiger partial charge in [-0.2, -0.15) is 0 Å². The molecule has 122 valence electrons. The average molecular weight is 308 g/mol. The van der Waals surface area contributed by atoms with Crippen molar-refractivity contribution in [3.8, 4) is 0 Å². The lowest BCUT2D eigenvalue weighted by Gasteiger charge is -2.07. The standard InChI is InChI=1S/C22H28O/c1-2-20-13-9-10-15-21(20)14-7-4-8-16-22(23)18-17-19-11-5-3-6-12-19/h3,5-6,9-11,13,15,17H,2,4,7-8,12,14,16,18H2,1H3. The number of benzene rings is 1. The smallest absolute Gasteiger partial charge is 0.136 e. The molecule has 0 aromatic heterocycles. The first-order valence-corrected chi connectivity index (χ1v) is 8.90. The van der Waals surface area contributed by atoms with E-state index in [1.165, 1.54) is 23.1 Å². The van der Waals surface area contributed by atoms with Gasteiger partial charge in [0, 0.05) is 12.8 Å². The fourth-order valence-electron chi connectivity index (χ4n) is 2.99. The molecule has 0 unspecified atom stereocenters. The van der Waals surface area contributed by atoms with Crippen LogP contribution in [-0.2, 0) is 17.6 Å². The Hall–Kier alpha value is -1.89. The second-order valence-electron chi connectivity index (χ2n) is 6.20. The van der Waals surface area contributed by atoms with E-state index in [9.17, 15) is 4.79 Å². The first-order chi connectivity index (χ1) is 11.3. The Bertz CT molecular complexity index is 590. The minimum atomic E-state index is 0.370. The predicted octanol–water partition coefficient (Wildman–Crippen LogP) is 5.75. The SMILES string of the molecule is CCc1ccccc1CCCCCC(=O)CC=C1C=CC=CC1. The van der Waals surface area contributed by atoms with Gasteiger partial charge in [0.1, 0.15) is 5.78 Å². The molecule has 0 saturated carbocycles. The number of aryl methyl sites for hydroxylation is 2. The molecule has 1 aromatic carbocycles. The van der Waals surface area contributed by atoms with Crippen molar-refractivity contribution >= 4 is 5.78 Å². The summed E-state index contributed by atoms with van der Waals surface area (Å²) in [6.45, 7) is 2.21. The maximum Gasteiger partial charge on any atom is 0.136 e. The molecule has 0 radical (unpaired) electrons. The summed E-state index contributed by atoms with van der Waals surface area (Å²) in [6.07, 6.45) is 18.2. The quantitative estimate of drug-likeness (QED) is 0.530. The summed E-state index contributed by atoms with van der Waals surface area (Å²) in [5, 5.41) is 0. The lowest BCUT2D eigenvalue weighted by Crippen LogP contribution is -1.97. The fraction of sp³-hybridized carbons (Fsp3) is 0.409. The van der Waals surface area contributed by atoms with E-state index in [-0.39, 0.29) is 0 Å². The fourth-order valence-corrected chi connectivity index (χ4v) is 2.99. The number of unbranched alkanes of at least 4 members (excludes halogenated alkanes) is 2.